The van der Waals surface area contributed by atoms with Gasteiger partial charge in [0.2, 0.25) is 0 Å². The van der Waals surface area contributed by atoms with E-state index >= 15 is 0 Å². The lowest BCUT2D eigenvalue weighted by Crippen LogP contribution is -2.36. The van der Waals surface area contributed by atoms with Crippen molar-refractivity contribution in [2.45, 2.75) is 12.0 Å². The molecule has 0 bridgehead atoms. The van der Waals surface area contributed by atoms with E-state index in [-0.39, 0.29) is 17.8 Å². The Bertz CT molecular complexity index is 595. The van der Waals surface area contributed by atoms with Gasteiger partial charge < -0.3 is 10.1 Å². The molecule has 0 aliphatic carbocycles. The van der Waals surface area contributed by atoms with Crippen LogP contribution in [0.5, 0.6) is 0 Å². The number of sulfone groups is 1. The molecule has 2 atom stereocenters. The van der Waals surface area contributed by atoms with E-state index in [1.54, 1.807) is 6.08 Å². The van der Waals surface area contributed by atoms with Gasteiger partial charge in [-0.1, -0.05) is 36.4 Å². The molecule has 1 aromatic carbocycles. The Hall–Kier alpha value is -1.66. The summed E-state index contributed by atoms with van der Waals surface area (Å²) in [5.41, 5.74) is 0.844. The van der Waals surface area contributed by atoms with Gasteiger partial charge in [0, 0.05) is 18.0 Å². The van der Waals surface area contributed by atoms with Crippen LogP contribution in [0.4, 0.5) is 0 Å². The van der Waals surface area contributed by atoms with Crippen molar-refractivity contribution in [2.75, 3.05) is 19.4 Å². The standard InChI is InChI=1S/C14H17NO4S/c1-19-14(16)13(11-5-3-2-4-6-11)9-15-12-7-8-20(17,18)10-12/h2-8,12-13,15H,9-10H2,1H3. The van der Waals surface area contributed by atoms with E-state index in [1.807, 2.05) is 30.3 Å². The Kier molecular flexibility index (Phi) is 4.57. The van der Waals surface area contributed by atoms with E-state index in [1.165, 1.54) is 12.5 Å². The highest BCUT2D eigenvalue weighted by Gasteiger charge is 2.25. The Morgan fingerprint density at radius 3 is 2.65 bits per heavy atom. The molecule has 1 aliphatic rings. The lowest BCUT2D eigenvalue weighted by molar-refractivity contribution is -0.142. The highest BCUT2D eigenvalue weighted by Crippen LogP contribution is 2.17. The molecule has 1 N–H and O–H groups in total. The lowest BCUT2D eigenvalue weighted by Gasteiger charge is -2.18. The fraction of sp³-hybridized carbons (Fsp3) is 0.357. The van der Waals surface area contributed by atoms with Gasteiger partial charge in [-0.05, 0) is 5.56 Å². The van der Waals surface area contributed by atoms with Crippen LogP contribution in [0.3, 0.4) is 0 Å². The zero-order valence-electron chi connectivity index (χ0n) is 11.2. The van der Waals surface area contributed by atoms with E-state index in [0.29, 0.717) is 6.54 Å². The van der Waals surface area contributed by atoms with Crippen molar-refractivity contribution < 1.29 is 17.9 Å². The molecule has 5 nitrogen and oxygen atoms in total. The van der Waals surface area contributed by atoms with Crippen molar-refractivity contribution in [3.8, 4) is 0 Å². The Morgan fingerprint density at radius 1 is 1.40 bits per heavy atom. The van der Waals surface area contributed by atoms with Crippen molar-refractivity contribution in [3.63, 3.8) is 0 Å². The maximum atomic E-state index is 11.8. The van der Waals surface area contributed by atoms with E-state index in [9.17, 15) is 13.2 Å². The average molecular weight is 295 g/mol. The van der Waals surface area contributed by atoms with Gasteiger partial charge in [-0.2, -0.15) is 0 Å². The van der Waals surface area contributed by atoms with Gasteiger partial charge in [-0.3, -0.25) is 4.79 Å². The van der Waals surface area contributed by atoms with Crippen LogP contribution in [0, 0.1) is 0 Å². The number of carbonyl (C=O) groups excluding carboxylic acids is 1. The Morgan fingerprint density at radius 2 is 2.10 bits per heavy atom. The fourth-order valence-electron chi connectivity index (χ4n) is 2.14. The third-order valence-electron chi connectivity index (χ3n) is 3.20. The van der Waals surface area contributed by atoms with E-state index in [0.717, 1.165) is 5.56 Å². The highest BCUT2D eigenvalue weighted by molar-refractivity contribution is 7.94. The van der Waals surface area contributed by atoms with Gasteiger partial charge in [0.25, 0.3) is 0 Å². The first-order chi connectivity index (χ1) is 9.52. The normalized spacial score (nSPS) is 21.6. The molecule has 1 aliphatic heterocycles. The minimum absolute atomic E-state index is 0.0374. The number of esters is 1. The van der Waals surface area contributed by atoms with Gasteiger partial charge in [-0.15, -0.1) is 0 Å². The molecule has 108 valence electrons. The second kappa shape index (κ2) is 6.19. The number of hydrogen-bond donors (Lipinski definition) is 1. The third kappa shape index (κ3) is 3.68. The van der Waals surface area contributed by atoms with Crippen LogP contribution >= 0.6 is 0 Å². The van der Waals surface area contributed by atoms with Crippen molar-refractivity contribution >= 4 is 15.8 Å². The van der Waals surface area contributed by atoms with Crippen LogP contribution in [0.25, 0.3) is 0 Å². The van der Waals surface area contributed by atoms with Crippen molar-refractivity contribution in [1.82, 2.24) is 5.32 Å². The minimum Gasteiger partial charge on any atom is -0.469 e. The number of nitrogens with one attached hydrogen (secondary N) is 1. The zero-order chi connectivity index (χ0) is 14.6. The third-order valence-corrected chi connectivity index (χ3v) is 4.60. The van der Waals surface area contributed by atoms with Gasteiger partial charge >= 0.3 is 5.97 Å². The Labute approximate surface area is 118 Å². The van der Waals surface area contributed by atoms with E-state index in [2.05, 4.69) is 5.32 Å². The topological polar surface area (TPSA) is 72.5 Å². The summed E-state index contributed by atoms with van der Waals surface area (Å²) < 4.78 is 27.5. The van der Waals surface area contributed by atoms with Gasteiger partial charge in [0.05, 0.1) is 18.8 Å². The SMILES string of the molecule is COC(=O)C(CNC1C=CS(=O)(=O)C1)c1ccccc1. The smallest absolute Gasteiger partial charge is 0.314 e. The van der Waals surface area contributed by atoms with Crippen molar-refractivity contribution in [3.05, 3.63) is 47.4 Å². The van der Waals surface area contributed by atoms with E-state index in [4.69, 9.17) is 4.74 Å². The predicted molar refractivity (Wildman–Crippen MR) is 75.9 cm³/mol. The summed E-state index contributed by atoms with van der Waals surface area (Å²) in [6.07, 6.45) is 1.61. The van der Waals surface area contributed by atoms with Crippen LogP contribution in [-0.2, 0) is 19.4 Å². The lowest BCUT2D eigenvalue weighted by atomic mass is 9.99. The Balaban J connectivity index is 2.03. The van der Waals surface area contributed by atoms with E-state index < -0.39 is 15.8 Å². The number of ether oxygens (including phenoxy) is 1. The minimum atomic E-state index is -3.09. The largest absolute Gasteiger partial charge is 0.469 e. The molecule has 0 aromatic heterocycles. The quantitative estimate of drug-likeness (QED) is 0.815. The number of methoxy groups -OCH3 is 1. The molecule has 20 heavy (non-hydrogen) atoms. The molecule has 1 heterocycles. The first-order valence-corrected chi connectivity index (χ1v) is 8.00. The molecule has 0 saturated carbocycles. The molecule has 6 heteroatoms. The molecule has 0 amide bonds. The molecule has 1 aromatic rings. The average Bonchev–Trinajstić information content (AvgIpc) is 2.79. The fourth-order valence-corrected chi connectivity index (χ4v) is 3.41. The van der Waals surface area contributed by atoms with Crippen LogP contribution in [0.15, 0.2) is 41.8 Å². The maximum absolute atomic E-state index is 11.8. The summed E-state index contributed by atoms with van der Waals surface area (Å²) >= 11 is 0. The monoisotopic (exact) mass is 295 g/mol. The summed E-state index contributed by atoms with van der Waals surface area (Å²) in [5.74, 6) is -0.748. The second-order valence-electron chi connectivity index (χ2n) is 4.66. The summed E-state index contributed by atoms with van der Waals surface area (Å²) in [6, 6.07) is 9.03. The molecular weight excluding hydrogens is 278 g/mol. The molecule has 2 rings (SSSR count). The van der Waals surface area contributed by atoms with Gasteiger partial charge in [0.15, 0.2) is 9.84 Å². The summed E-state index contributed by atoms with van der Waals surface area (Å²) in [6.45, 7) is 0.335. The maximum Gasteiger partial charge on any atom is 0.314 e. The van der Waals surface area contributed by atoms with Gasteiger partial charge in [-0.25, -0.2) is 8.42 Å². The zero-order valence-corrected chi connectivity index (χ0v) is 12.0. The van der Waals surface area contributed by atoms with Crippen LogP contribution < -0.4 is 5.32 Å². The van der Waals surface area contributed by atoms with Crippen molar-refractivity contribution in [1.29, 1.82) is 0 Å². The summed E-state index contributed by atoms with van der Waals surface area (Å²) in [7, 11) is -1.75. The van der Waals surface area contributed by atoms with Crippen molar-refractivity contribution in [2.24, 2.45) is 0 Å². The van der Waals surface area contributed by atoms with Crippen LogP contribution in [0.1, 0.15) is 11.5 Å². The molecule has 0 saturated heterocycles. The van der Waals surface area contributed by atoms with Crippen LogP contribution in [0.2, 0.25) is 0 Å². The van der Waals surface area contributed by atoms with Crippen LogP contribution in [-0.4, -0.2) is 39.8 Å². The summed E-state index contributed by atoms with van der Waals surface area (Å²) in [5, 5.41) is 4.29. The number of benzene rings is 1. The first kappa shape index (κ1) is 14.7. The first-order valence-electron chi connectivity index (χ1n) is 6.29. The molecule has 0 radical (unpaired) electrons. The summed E-state index contributed by atoms with van der Waals surface area (Å²) in [4.78, 5) is 11.8. The molecular formula is C14H17NO4S. The molecule has 0 spiro atoms. The number of hydrogen-bond acceptors (Lipinski definition) is 5. The molecule has 0 fully saturated rings. The second-order valence-corrected chi connectivity index (χ2v) is 6.59. The predicted octanol–water partition coefficient (Wildman–Crippen LogP) is 0.843. The van der Waals surface area contributed by atoms with Gasteiger partial charge in [0.1, 0.15) is 0 Å². The highest BCUT2D eigenvalue weighted by atomic mass is 32.2. The molecule has 2 unspecified atom stereocenters. The number of carbonyl (C=O) groups is 1. The number of rotatable bonds is 5.